The number of aromatic amines is 2. The van der Waals surface area contributed by atoms with E-state index in [0.29, 0.717) is 44.1 Å². The Kier molecular flexibility index (Phi) is 4.49. The Morgan fingerprint density at radius 1 is 1.35 bits per heavy atom. The van der Waals surface area contributed by atoms with E-state index in [-0.39, 0.29) is 17.4 Å². The standard InChI is InChI=1S/C18H19N5O3/c24-16-8-13(19-11-20-16)7-12-9-23(5-6-26-10-12)18(25)17-14-3-1-2-4-15(14)21-22-17/h1-4,8,11-12H,5-7,9-10H2,(H,21,22)(H,19,20,24). The summed E-state index contributed by atoms with van der Waals surface area (Å²) in [7, 11) is 0. The molecule has 134 valence electrons. The average molecular weight is 353 g/mol. The quantitative estimate of drug-likeness (QED) is 0.730. The molecule has 8 nitrogen and oxygen atoms in total. The second kappa shape index (κ2) is 7.09. The third kappa shape index (κ3) is 3.36. The summed E-state index contributed by atoms with van der Waals surface area (Å²) in [6, 6.07) is 9.06. The molecule has 0 radical (unpaired) electrons. The van der Waals surface area contributed by atoms with Crippen molar-refractivity contribution in [3.8, 4) is 0 Å². The Morgan fingerprint density at radius 2 is 2.23 bits per heavy atom. The third-order valence-corrected chi connectivity index (χ3v) is 4.53. The summed E-state index contributed by atoms with van der Waals surface area (Å²) in [4.78, 5) is 32.9. The number of rotatable bonds is 3. The van der Waals surface area contributed by atoms with E-state index in [1.807, 2.05) is 24.3 Å². The van der Waals surface area contributed by atoms with Crippen molar-refractivity contribution in [2.75, 3.05) is 26.3 Å². The highest BCUT2D eigenvalue weighted by Crippen LogP contribution is 2.19. The van der Waals surface area contributed by atoms with Gasteiger partial charge in [0.25, 0.3) is 11.5 Å². The smallest absolute Gasteiger partial charge is 0.275 e. The van der Waals surface area contributed by atoms with Gasteiger partial charge in [-0.3, -0.25) is 14.7 Å². The van der Waals surface area contributed by atoms with Crippen molar-refractivity contribution in [3.05, 3.63) is 58.4 Å². The van der Waals surface area contributed by atoms with E-state index >= 15 is 0 Å². The molecular formula is C18H19N5O3. The number of carbonyl (C=O) groups is 1. The van der Waals surface area contributed by atoms with Crippen LogP contribution >= 0.6 is 0 Å². The van der Waals surface area contributed by atoms with Gasteiger partial charge in [-0.2, -0.15) is 5.10 Å². The molecule has 1 aliphatic heterocycles. The molecule has 1 fully saturated rings. The number of fused-ring (bicyclic) bond motifs is 1. The Morgan fingerprint density at radius 3 is 3.12 bits per heavy atom. The van der Waals surface area contributed by atoms with Gasteiger partial charge >= 0.3 is 0 Å². The van der Waals surface area contributed by atoms with Crippen molar-refractivity contribution < 1.29 is 9.53 Å². The van der Waals surface area contributed by atoms with Crippen LogP contribution in [0, 0.1) is 5.92 Å². The van der Waals surface area contributed by atoms with Gasteiger partial charge in [-0.05, 0) is 12.5 Å². The number of hydrogen-bond acceptors (Lipinski definition) is 5. The van der Waals surface area contributed by atoms with Crippen LogP contribution in [-0.2, 0) is 11.2 Å². The molecule has 1 saturated heterocycles. The number of para-hydroxylation sites is 1. The highest BCUT2D eigenvalue weighted by Gasteiger charge is 2.26. The summed E-state index contributed by atoms with van der Waals surface area (Å²) in [6.45, 7) is 2.06. The van der Waals surface area contributed by atoms with Gasteiger partial charge < -0.3 is 14.6 Å². The van der Waals surface area contributed by atoms with Crippen LogP contribution in [0.2, 0.25) is 0 Å². The topological polar surface area (TPSA) is 104 Å². The number of H-pyrrole nitrogens is 2. The summed E-state index contributed by atoms with van der Waals surface area (Å²) in [5.41, 5.74) is 1.78. The second-order valence-corrected chi connectivity index (χ2v) is 6.42. The van der Waals surface area contributed by atoms with Gasteiger partial charge in [0.05, 0.1) is 25.1 Å². The second-order valence-electron chi connectivity index (χ2n) is 6.42. The molecule has 0 bridgehead atoms. The molecule has 3 aromatic rings. The summed E-state index contributed by atoms with van der Waals surface area (Å²) < 4.78 is 5.66. The molecule has 0 aliphatic carbocycles. The lowest BCUT2D eigenvalue weighted by atomic mass is 10.0. The fourth-order valence-electron chi connectivity index (χ4n) is 3.28. The maximum atomic E-state index is 13.0. The van der Waals surface area contributed by atoms with Crippen LogP contribution < -0.4 is 5.56 Å². The van der Waals surface area contributed by atoms with Crippen molar-refractivity contribution >= 4 is 16.8 Å². The maximum Gasteiger partial charge on any atom is 0.275 e. The van der Waals surface area contributed by atoms with E-state index in [1.165, 1.54) is 12.4 Å². The minimum absolute atomic E-state index is 0.0703. The van der Waals surface area contributed by atoms with Crippen LogP contribution in [0.4, 0.5) is 0 Å². The monoisotopic (exact) mass is 353 g/mol. The lowest BCUT2D eigenvalue weighted by molar-refractivity contribution is 0.0733. The number of ether oxygens (including phenoxy) is 1. The normalized spacial score (nSPS) is 18.0. The summed E-state index contributed by atoms with van der Waals surface area (Å²) >= 11 is 0. The zero-order valence-electron chi connectivity index (χ0n) is 14.1. The molecule has 1 aliphatic rings. The van der Waals surface area contributed by atoms with Crippen molar-refractivity contribution in [2.24, 2.45) is 5.92 Å². The lowest BCUT2D eigenvalue weighted by Gasteiger charge is -2.22. The molecule has 8 heteroatoms. The van der Waals surface area contributed by atoms with E-state index in [0.717, 1.165) is 10.9 Å². The number of benzene rings is 1. The largest absolute Gasteiger partial charge is 0.379 e. The van der Waals surface area contributed by atoms with Crippen LogP contribution in [0.3, 0.4) is 0 Å². The number of nitrogens with zero attached hydrogens (tertiary/aromatic N) is 3. The summed E-state index contributed by atoms with van der Waals surface area (Å²) in [6.07, 6.45) is 1.98. The predicted molar refractivity (Wildman–Crippen MR) is 94.9 cm³/mol. The Balaban J connectivity index is 1.54. The predicted octanol–water partition coefficient (Wildman–Crippen LogP) is 0.977. The minimum Gasteiger partial charge on any atom is -0.379 e. The highest BCUT2D eigenvalue weighted by atomic mass is 16.5. The molecule has 3 heterocycles. The number of hydrogen-bond donors (Lipinski definition) is 2. The average Bonchev–Trinajstić information content (AvgIpc) is 2.94. The Labute approximate surface area is 149 Å². The first-order chi connectivity index (χ1) is 12.7. The fourth-order valence-corrected chi connectivity index (χ4v) is 3.28. The number of nitrogens with one attached hydrogen (secondary N) is 2. The first-order valence-electron chi connectivity index (χ1n) is 8.54. The van der Waals surface area contributed by atoms with Crippen LogP contribution in [-0.4, -0.2) is 57.3 Å². The van der Waals surface area contributed by atoms with Gasteiger partial charge in [0.2, 0.25) is 0 Å². The van der Waals surface area contributed by atoms with Crippen LogP contribution in [0.15, 0.2) is 41.5 Å². The molecule has 1 amide bonds. The molecule has 0 spiro atoms. The van der Waals surface area contributed by atoms with Crippen LogP contribution in [0.25, 0.3) is 10.9 Å². The van der Waals surface area contributed by atoms with E-state index in [4.69, 9.17) is 4.74 Å². The van der Waals surface area contributed by atoms with E-state index < -0.39 is 0 Å². The fraction of sp³-hybridized carbons (Fsp3) is 0.333. The minimum atomic E-state index is -0.180. The van der Waals surface area contributed by atoms with Gasteiger partial charge in [0, 0.05) is 36.2 Å². The Bertz CT molecular complexity index is 980. The molecule has 2 aromatic heterocycles. The van der Waals surface area contributed by atoms with Crippen LogP contribution in [0.1, 0.15) is 16.2 Å². The van der Waals surface area contributed by atoms with E-state index in [2.05, 4.69) is 20.2 Å². The highest BCUT2D eigenvalue weighted by molar-refractivity contribution is 6.04. The van der Waals surface area contributed by atoms with Crippen molar-refractivity contribution in [3.63, 3.8) is 0 Å². The number of aromatic nitrogens is 4. The zero-order chi connectivity index (χ0) is 17.9. The van der Waals surface area contributed by atoms with Gasteiger partial charge in [-0.25, -0.2) is 4.98 Å². The molecule has 1 unspecified atom stereocenters. The van der Waals surface area contributed by atoms with E-state index in [1.54, 1.807) is 4.90 Å². The van der Waals surface area contributed by atoms with Gasteiger partial charge in [0.1, 0.15) is 0 Å². The molecule has 26 heavy (non-hydrogen) atoms. The number of amides is 1. The molecule has 1 atom stereocenters. The lowest BCUT2D eigenvalue weighted by Crippen LogP contribution is -2.36. The number of carbonyl (C=O) groups excluding carboxylic acids is 1. The van der Waals surface area contributed by atoms with Crippen molar-refractivity contribution in [1.82, 2.24) is 25.1 Å². The van der Waals surface area contributed by atoms with Crippen molar-refractivity contribution in [2.45, 2.75) is 6.42 Å². The van der Waals surface area contributed by atoms with Gasteiger partial charge in [-0.15, -0.1) is 0 Å². The van der Waals surface area contributed by atoms with Gasteiger partial charge in [0.15, 0.2) is 5.69 Å². The third-order valence-electron chi connectivity index (χ3n) is 4.53. The Hall–Kier alpha value is -3.00. The maximum absolute atomic E-state index is 13.0. The zero-order valence-corrected chi connectivity index (χ0v) is 14.1. The molecule has 1 aromatic carbocycles. The van der Waals surface area contributed by atoms with Gasteiger partial charge in [-0.1, -0.05) is 18.2 Å². The molecule has 0 saturated carbocycles. The van der Waals surface area contributed by atoms with E-state index in [9.17, 15) is 9.59 Å². The molecule has 2 N–H and O–H groups in total. The summed E-state index contributed by atoms with van der Waals surface area (Å²) in [5.74, 6) is -0.0437. The molecule has 4 rings (SSSR count). The first-order valence-corrected chi connectivity index (χ1v) is 8.54. The van der Waals surface area contributed by atoms with Crippen molar-refractivity contribution in [1.29, 1.82) is 0 Å². The van der Waals surface area contributed by atoms with Crippen LogP contribution in [0.5, 0.6) is 0 Å². The summed E-state index contributed by atoms with van der Waals surface area (Å²) in [5, 5.41) is 7.93. The SMILES string of the molecule is O=C(c1n[nH]c2ccccc12)N1CCOCC(Cc2cc(=O)[nH]cn2)C1. The first kappa shape index (κ1) is 16.5. The molecular weight excluding hydrogens is 334 g/mol.